The molecule has 2 fully saturated rings. The Bertz CT molecular complexity index is 700. The molecule has 126 valence electrons. The van der Waals surface area contributed by atoms with Crippen LogP contribution in [0.15, 0.2) is 35.7 Å². The van der Waals surface area contributed by atoms with E-state index in [-0.39, 0.29) is 18.1 Å². The summed E-state index contributed by atoms with van der Waals surface area (Å²) in [6.07, 6.45) is 4.83. The lowest BCUT2D eigenvalue weighted by molar-refractivity contribution is -0.143. The first kappa shape index (κ1) is 15.8. The SMILES string of the molecule is O=C(Cc1csc(Cc2ccccc2)n1)N1CCO[C@@H]2CCC[C@H]21. The van der Waals surface area contributed by atoms with Crippen molar-refractivity contribution in [1.82, 2.24) is 9.88 Å². The minimum absolute atomic E-state index is 0.201. The van der Waals surface area contributed by atoms with Gasteiger partial charge >= 0.3 is 0 Å². The van der Waals surface area contributed by atoms with Gasteiger partial charge in [0.2, 0.25) is 5.91 Å². The van der Waals surface area contributed by atoms with Gasteiger partial charge in [-0.2, -0.15) is 0 Å². The largest absolute Gasteiger partial charge is 0.374 e. The molecular formula is C19H22N2O2S. The van der Waals surface area contributed by atoms with Crippen LogP contribution in [0.4, 0.5) is 0 Å². The minimum Gasteiger partial charge on any atom is -0.374 e. The Morgan fingerprint density at radius 1 is 1.29 bits per heavy atom. The fourth-order valence-electron chi connectivity index (χ4n) is 3.77. The van der Waals surface area contributed by atoms with Gasteiger partial charge in [0.05, 0.1) is 35.9 Å². The summed E-state index contributed by atoms with van der Waals surface area (Å²) < 4.78 is 5.80. The molecule has 0 spiro atoms. The Hall–Kier alpha value is -1.72. The van der Waals surface area contributed by atoms with Gasteiger partial charge in [-0.1, -0.05) is 30.3 Å². The van der Waals surface area contributed by atoms with Crippen LogP contribution in [0.25, 0.3) is 0 Å². The highest BCUT2D eigenvalue weighted by Crippen LogP contribution is 2.30. The van der Waals surface area contributed by atoms with E-state index in [1.54, 1.807) is 11.3 Å². The fraction of sp³-hybridized carbons (Fsp3) is 0.474. The number of benzene rings is 1. The lowest BCUT2D eigenvalue weighted by Crippen LogP contribution is -2.51. The van der Waals surface area contributed by atoms with Gasteiger partial charge in [0.25, 0.3) is 0 Å². The monoisotopic (exact) mass is 342 g/mol. The quantitative estimate of drug-likeness (QED) is 0.858. The zero-order chi connectivity index (χ0) is 16.4. The molecule has 1 saturated heterocycles. The summed E-state index contributed by atoms with van der Waals surface area (Å²) in [5.74, 6) is 0.201. The molecule has 1 saturated carbocycles. The van der Waals surface area contributed by atoms with Crippen molar-refractivity contribution in [3.8, 4) is 0 Å². The van der Waals surface area contributed by atoms with Gasteiger partial charge in [0.15, 0.2) is 0 Å². The second-order valence-electron chi connectivity index (χ2n) is 6.57. The molecule has 0 radical (unpaired) electrons. The number of hydrogen-bond donors (Lipinski definition) is 0. The minimum atomic E-state index is 0.201. The molecule has 2 aliphatic rings. The highest BCUT2D eigenvalue weighted by atomic mass is 32.1. The lowest BCUT2D eigenvalue weighted by atomic mass is 10.1. The summed E-state index contributed by atoms with van der Waals surface area (Å²) in [7, 11) is 0. The topological polar surface area (TPSA) is 42.4 Å². The van der Waals surface area contributed by atoms with Crippen LogP contribution in [-0.2, 0) is 22.4 Å². The van der Waals surface area contributed by atoms with E-state index in [0.717, 1.165) is 42.9 Å². The van der Waals surface area contributed by atoms with Crippen molar-refractivity contribution in [2.75, 3.05) is 13.2 Å². The van der Waals surface area contributed by atoms with Gasteiger partial charge < -0.3 is 9.64 Å². The van der Waals surface area contributed by atoms with Gasteiger partial charge in [-0.05, 0) is 24.8 Å². The number of nitrogens with zero attached hydrogens (tertiary/aromatic N) is 2. The zero-order valence-corrected chi connectivity index (χ0v) is 14.5. The van der Waals surface area contributed by atoms with Gasteiger partial charge in [-0.25, -0.2) is 4.98 Å². The molecule has 24 heavy (non-hydrogen) atoms. The van der Waals surface area contributed by atoms with E-state index in [1.807, 2.05) is 28.5 Å². The summed E-state index contributed by atoms with van der Waals surface area (Å²) in [5, 5.41) is 3.10. The first-order valence-corrected chi connectivity index (χ1v) is 9.56. The third-order valence-corrected chi connectivity index (χ3v) is 5.83. The Kier molecular flexibility index (Phi) is 4.63. The third kappa shape index (κ3) is 3.37. The average molecular weight is 342 g/mol. The predicted molar refractivity (Wildman–Crippen MR) is 94.2 cm³/mol. The molecule has 0 unspecified atom stereocenters. The first-order valence-electron chi connectivity index (χ1n) is 8.68. The summed E-state index contributed by atoms with van der Waals surface area (Å²) in [5.41, 5.74) is 2.16. The number of amides is 1. The fourth-order valence-corrected chi connectivity index (χ4v) is 4.60. The number of rotatable bonds is 4. The van der Waals surface area contributed by atoms with Crippen LogP contribution in [0.5, 0.6) is 0 Å². The van der Waals surface area contributed by atoms with Crippen LogP contribution >= 0.6 is 11.3 Å². The maximum atomic E-state index is 12.7. The third-order valence-electron chi connectivity index (χ3n) is 4.93. The van der Waals surface area contributed by atoms with Crippen LogP contribution in [0.3, 0.4) is 0 Å². The molecular weight excluding hydrogens is 320 g/mol. The Labute approximate surface area is 146 Å². The van der Waals surface area contributed by atoms with E-state index >= 15 is 0 Å². The van der Waals surface area contributed by atoms with Crippen molar-refractivity contribution in [1.29, 1.82) is 0 Å². The van der Waals surface area contributed by atoms with E-state index in [9.17, 15) is 4.79 Å². The molecule has 1 aromatic heterocycles. The Morgan fingerprint density at radius 2 is 2.17 bits per heavy atom. The summed E-state index contributed by atoms with van der Waals surface area (Å²) in [6, 6.07) is 10.6. The van der Waals surface area contributed by atoms with Crippen LogP contribution in [0, 0.1) is 0 Å². The summed E-state index contributed by atoms with van der Waals surface area (Å²) in [4.78, 5) is 19.4. The molecule has 1 aliphatic carbocycles. The van der Waals surface area contributed by atoms with Crippen molar-refractivity contribution in [3.63, 3.8) is 0 Å². The van der Waals surface area contributed by atoms with Crippen molar-refractivity contribution < 1.29 is 9.53 Å². The van der Waals surface area contributed by atoms with Crippen LogP contribution in [0.1, 0.15) is 35.5 Å². The first-order chi connectivity index (χ1) is 11.8. The Morgan fingerprint density at radius 3 is 3.04 bits per heavy atom. The van der Waals surface area contributed by atoms with Gasteiger partial charge in [-0.15, -0.1) is 11.3 Å². The molecule has 5 heteroatoms. The van der Waals surface area contributed by atoms with Crippen molar-refractivity contribution >= 4 is 17.2 Å². The number of carbonyl (C=O) groups is 1. The van der Waals surface area contributed by atoms with Crippen molar-refractivity contribution in [3.05, 3.63) is 52.0 Å². The molecule has 1 aliphatic heterocycles. The smallest absolute Gasteiger partial charge is 0.229 e. The number of carbonyl (C=O) groups excluding carboxylic acids is 1. The molecule has 2 atom stereocenters. The molecule has 4 nitrogen and oxygen atoms in total. The number of ether oxygens (including phenoxy) is 1. The van der Waals surface area contributed by atoms with E-state index in [4.69, 9.17) is 4.74 Å². The highest BCUT2D eigenvalue weighted by Gasteiger charge is 2.38. The summed E-state index contributed by atoms with van der Waals surface area (Å²) >= 11 is 1.65. The van der Waals surface area contributed by atoms with Crippen LogP contribution < -0.4 is 0 Å². The maximum absolute atomic E-state index is 12.7. The van der Waals surface area contributed by atoms with Crippen LogP contribution in [-0.4, -0.2) is 41.1 Å². The lowest BCUT2D eigenvalue weighted by Gasteiger charge is -2.37. The van der Waals surface area contributed by atoms with Gasteiger partial charge in [0, 0.05) is 18.3 Å². The van der Waals surface area contributed by atoms with E-state index in [1.165, 1.54) is 5.56 Å². The molecule has 1 amide bonds. The van der Waals surface area contributed by atoms with E-state index < -0.39 is 0 Å². The van der Waals surface area contributed by atoms with Gasteiger partial charge in [-0.3, -0.25) is 4.79 Å². The van der Waals surface area contributed by atoms with Crippen molar-refractivity contribution in [2.45, 2.75) is 44.2 Å². The van der Waals surface area contributed by atoms with Crippen molar-refractivity contribution in [2.24, 2.45) is 0 Å². The zero-order valence-electron chi connectivity index (χ0n) is 13.7. The average Bonchev–Trinajstić information content (AvgIpc) is 3.24. The molecule has 2 heterocycles. The Balaban J connectivity index is 1.39. The normalized spacial score (nSPS) is 23.2. The van der Waals surface area contributed by atoms with E-state index in [0.29, 0.717) is 13.0 Å². The maximum Gasteiger partial charge on any atom is 0.229 e. The molecule has 0 N–H and O–H groups in total. The number of morpholine rings is 1. The second-order valence-corrected chi connectivity index (χ2v) is 7.51. The molecule has 4 rings (SSSR count). The van der Waals surface area contributed by atoms with Crippen LogP contribution in [0.2, 0.25) is 0 Å². The van der Waals surface area contributed by atoms with E-state index in [2.05, 4.69) is 17.1 Å². The molecule has 1 aromatic carbocycles. The van der Waals surface area contributed by atoms with Gasteiger partial charge in [0.1, 0.15) is 0 Å². The number of hydrogen-bond acceptors (Lipinski definition) is 4. The summed E-state index contributed by atoms with van der Waals surface area (Å²) in [6.45, 7) is 1.39. The molecule has 0 bridgehead atoms. The standard InChI is InChI=1S/C19H22N2O2S/c22-19(21-9-10-23-17-8-4-7-16(17)21)12-15-13-24-18(20-15)11-14-5-2-1-3-6-14/h1-3,5-6,13,16-17H,4,7-12H2/t16-,17-/m1/s1. The predicted octanol–water partition coefficient (Wildman–Crippen LogP) is 3.06. The molecule has 2 aromatic rings. The number of thiazole rings is 1. The number of fused-ring (bicyclic) bond motifs is 1. The highest BCUT2D eigenvalue weighted by molar-refractivity contribution is 7.09. The number of aromatic nitrogens is 1. The second kappa shape index (κ2) is 7.03.